The molecule has 2 heterocycles. The monoisotopic (exact) mass is 316 g/mol. The molecule has 3 rings (SSSR count). The van der Waals surface area contributed by atoms with E-state index in [9.17, 15) is 4.79 Å². The van der Waals surface area contributed by atoms with Gasteiger partial charge in [0, 0.05) is 16.9 Å². The van der Waals surface area contributed by atoms with E-state index in [0.29, 0.717) is 5.92 Å². The predicted molar refractivity (Wildman–Crippen MR) is 89.6 cm³/mol. The lowest BCUT2D eigenvalue weighted by Crippen LogP contribution is -2.49. The molecule has 5 nitrogen and oxygen atoms in total. The highest BCUT2D eigenvalue weighted by molar-refractivity contribution is 5.84. The Labute approximate surface area is 136 Å². The van der Waals surface area contributed by atoms with Crippen molar-refractivity contribution in [2.75, 3.05) is 20.2 Å². The van der Waals surface area contributed by atoms with E-state index in [1.165, 1.54) is 0 Å². The molecule has 1 saturated heterocycles. The Hall–Kier alpha value is -2.01. The van der Waals surface area contributed by atoms with Crippen LogP contribution in [0.2, 0.25) is 0 Å². The topological polar surface area (TPSA) is 63.5 Å². The summed E-state index contributed by atoms with van der Waals surface area (Å²) < 4.78 is 11.2. The summed E-state index contributed by atoms with van der Waals surface area (Å²) in [5, 5.41) is 7.32. The zero-order valence-electron chi connectivity index (χ0n) is 14.1. The van der Waals surface area contributed by atoms with E-state index in [1.807, 2.05) is 39.0 Å². The number of methoxy groups -OCH3 is 1. The molecule has 1 aromatic heterocycles. The normalized spacial score (nSPS) is 17.6. The molecule has 1 aliphatic rings. The third-order valence-electron chi connectivity index (χ3n) is 4.87. The first-order valence-corrected chi connectivity index (χ1v) is 8.09. The molecule has 0 bridgehead atoms. The van der Waals surface area contributed by atoms with Gasteiger partial charge in [0.2, 0.25) is 5.91 Å². The molecular weight excluding hydrogens is 292 g/mol. The molecule has 23 heavy (non-hydrogen) atoms. The summed E-state index contributed by atoms with van der Waals surface area (Å²) in [5.41, 5.74) is 1.86. The SMILES string of the molecule is COc1ccc2oc(C(C)NC(=O)C(C)C3CNC3)c(C)c2c1. The van der Waals surface area contributed by atoms with Crippen LogP contribution in [0.1, 0.15) is 31.2 Å². The maximum atomic E-state index is 12.4. The number of amides is 1. The third-order valence-corrected chi connectivity index (χ3v) is 4.87. The van der Waals surface area contributed by atoms with Crippen molar-refractivity contribution in [3.05, 3.63) is 29.5 Å². The van der Waals surface area contributed by atoms with Crippen LogP contribution in [0.4, 0.5) is 0 Å². The van der Waals surface area contributed by atoms with Crippen LogP contribution in [0.5, 0.6) is 5.75 Å². The highest BCUT2D eigenvalue weighted by Gasteiger charge is 2.30. The molecule has 2 aromatic rings. The number of carbonyl (C=O) groups is 1. The van der Waals surface area contributed by atoms with Gasteiger partial charge in [0.05, 0.1) is 13.2 Å². The fourth-order valence-corrected chi connectivity index (χ4v) is 3.05. The number of hydrogen-bond acceptors (Lipinski definition) is 4. The van der Waals surface area contributed by atoms with Gasteiger partial charge in [-0.05, 0) is 51.1 Å². The first-order valence-electron chi connectivity index (χ1n) is 8.09. The van der Waals surface area contributed by atoms with Crippen LogP contribution in [0.15, 0.2) is 22.6 Å². The summed E-state index contributed by atoms with van der Waals surface area (Å²) in [6.45, 7) is 7.82. The Balaban J connectivity index is 1.78. The number of furan rings is 1. The Morgan fingerprint density at radius 2 is 2.13 bits per heavy atom. The van der Waals surface area contributed by atoms with Crippen LogP contribution in [-0.4, -0.2) is 26.1 Å². The predicted octanol–water partition coefficient (Wildman–Crippen LogP) is 2.78. The Morgan fingerprint density at radius 1 is 1.39 bits per heavy atom. The Kier molecular flexibility index (Phi) is 4.31. The fourth-order valence-electron chi connectivity index (χ4n) is 3.05. The number of ether oxygens (including phenoxy) is 1. The van der Waals surface area contributed by atoms with Crippen LogP contribution in [-0.2, 0) is 4.79 Å². The van der Waals surface area contributed by atoms with Crippen molar-refractivity contribution in [1.29, 1.82) is 0 Å². The summed E-state index contributed by atoms with van der Waals surface area (Å²) in [5.74, 6) is 2.14. The minimum atomic E-state index is -0.156. The van der Waals surface area contributed by atoms with Gasteiger partial charge < -0.3 is 19.8 Å². The van der Waals surface area contributed by atoms with E-state index in [-0.39, 0.29) is 17.9 Å². The number of benzene rings is 1. The van der Waals surface area contributed by atoms with Gasteiger partial charge in [-0.2, -0.15) is 0 Å². The van der Waals surface area contributed by atoms with Crippen molar-refractivity contribution in [2.24, 2.45) is 11.8 Å². The molecule has 124 valence electrons. The van der Waals surface area contributed by atoms with E-state index < -0.39 is 0 Å². The largest absolute Gasteiger partial charge is 0.497 e. The average Bonchev–Trinajstić information content (AvgIpc) is 2.82. The van der Waals surface area contributed by atoms with Crippen molar-refractivity contribution in [3.8, 4) is 5.75 Å². The van der Waals surface area contributed by atoms with E-state index in [0.717, 1.165) is 41.1 Å². The summed E-state index contributed by atoms with van der Waals surface area (Å²) >= 11 is 0. The second-order valence-corrected chi connectivity index (χ2v) is 6.39. The molecule has 1 aromatic carbocycles. The number of fused-ring (bicyclic) bond motifs is 1. The molecule has 0 aliphatic carbocycles. The van der Waals surface area contributed by atoms with Crippen LogP contribution in [0.3, 0.4) is 0 Å². The van der Waals surface area contributed by atoms with Crippen LogP contribution >= 0.6 is 0 Å². The molecule has 5 heteroatoms. The van der Waals surface area contributed by atoms with Crippen LogP contribution in [0, 0.1) is 18.8 Å². The summed E-state index contributed by atoms with van der Waals surface area (Å²) in [6, 6.07) is 5.59. The molecule has 1 fully saturated rings. The van der Waals surface area contributed by atoms with Crippen molar-refractivity contribution in [2.45, 2.75) is 26.8 Å². The standard InChI is InChI=1S/C18H24N2O3/c1-10(13-8-19-9-13)18(21)20-12(3)17-11(2)15-7-14(22-4)5-6-16(15)23-17/h5-7,10,12-13,19H,8-9H2,1-4H3,(H,20,21). The molecule has 1 aliphatic heterocycles. The number of rotatable bonds is 5. The van der Waals surface area contributed by atoms with Gasteiger partial charge >= 0.3 is 0 Å². The highest BCUT2D eigenvalue weighted by Crippen LogP contribution is 2.32. The highest BCUT2D eigenvalue weighted by atomic mass is 16.5. The van der Waals surface area contributed by atoms with Crippen molar-refractivity contribution >= 4 is 16.9 Å². The quantitative estimate of drug-likeness (QED) is 0.890. The molecule has 0 radical (unpaired) electrons. The minimum absolute atomic E-state index is 0.0171. The average molecular weight is 316 g/mol. The first-order chi connectivity index (χ1) is 11.0. The maximum Gasteiger partial charge on any atom is 0.223 e. The van der Waals surface area contributed by atoms with E-state index in [2.05, 4.69) is 10.6 Å². The van der Waals surface area contributed by atoms with E-state index in [1.54, 1.807) is 7.11 Å². The van der Waals surface area contributed by atoms with Crippen molar-refractivity contribution < 1.29 is 13.9 Å². The number of hydrogen-bond donors (Lipinski definition) is 2. The van der Waals surface area contributed by atoms with Gasteiger partial charge in [0.15, 0.2) is 0 Å². The number of aryl methyl sites for hydroxylation is 1. The van der Waals surface area contributed by atoms with E-state index in [4.69, 9.17) is 9.15 Å². The molecule has 1 amide bonds. The number of carbonyl (C=O) groups excluding carboxylic acids is 1. The van der Waals surface area contributed by atoms with Gasteiger partial charge in [-0.1, -0.05) is 6.92 Å². The molecule has 2 N–H and O–H groups in total. The Bertz CT molecular complexity index is 718. The molecule has 2 atom stereocenters. The zero-order chi connectivity index (χ0) is 16.6. The van der Waals surface area contributed by atoms with Gasteiger partial charge in [-0.25, -0.2) is 0 Å². The maximum absolute atomic E-state index is 12.4. The molecule has 0 spiro atoms. The van der Waals surface area contributed by atoms with Crippen LogP contribution < -0.4 is 15.4 Å². The third kappa shape index (κ3) is 2.93. The first kappa shape index (κ1) is 15.9. The Morgan fingerprint density at radius 3 is 2.74 bits per heavy atom. The van der Waals surface area contributed by atoms with Gasteiger partial charge in [-0.15, -0.1) is 0 Å². The summed E-state index contributed by atoms with van der Waals surface area (Å²) in [6.07, 6.45) is 0. The number of nitrogens with one attached hydrogen (secondary N) is 2. The molecule has 0 saturated carbocycles. The zero-order valence-corrected chi connectivity index (χ0v) is 14.1. The summed E-state index contributed by atoms with van der Waals surface area (Å²) in [4.78, 5) is 12.4. The van der Waals surface area contributed by atoms with Crippen molar-refractivity contribution in [3.63, 3.8) is 0 Å². The smallest absolute Gasteiger partial charge is 0.223 e. The second kappa shape index (κ2) is 6.24. The van der Waals surface area contributed by atoms with Gasteiger partial charge in [0.25, 0.3) is 0 Å². The minimum Gasteiger partial charge on any atom is -0.497 e. The van der Waals surface area contributed by atoms with Crippen molar-refractivity contribution in [1.82, 2.24) is 10.6 Å². The lowest BCUT2D eigenvalue weighted by molar-refractivity contribution is -0.127. The fraction of sp³-hybridized carbons (Fsp3) is 0.500. The second-order valence-electron chi connectivity index (χ2n) is 6.39. The lowest BCUT2D eigenvalue weighted by atomic mass is 9.88. The summed E-state index contributed by atoms with van der Waals surface area (Å²) in [7, 11) is 1.65. The van der Waals surface area contributed by atoms with Gasteiger partial charge in [-0.3, -0.25) is 4.79 Å². The lowest BCUT2D eigenvalue weighted by Gasteiger charge is -2.32. The van der Waals surface area contributed by atoms with Crippen LogP contribution in [0.25, 0.3) is 11.0 Å². The van der Waals surface area contributed by atoms with E-state index >= 15 is 0 Å². The molecular formula is C18H24N2O3. The molecule has 2 unspecified atom stereocenters. The van der Waals surface area contributed by atoms with Gasteiger partial charge in [0.1, 0.15) is 17.1 Å².